The largest absolute Gasteiger partial charge is 0.462 e. The summed E-state index contributed by atoms with van der Waals surface area (Å²) in [7, 11) is 0. The average Bonchev–Trinajstić information content (AvgIpc) is 3.45. The summed E-state index contributed by atoms with van der Waals surface area (Å²) < 4.78 is 16.9. The summed E-state index contributed by atoms with van der Waals surface area (Å²) >= 11 is 0. The summed E-state index contributed by atoms with van der Waals surface area (Å²) in [6, 6.07) is 0. The molecule has 0 aliphatic heterocycles. The van der Waals surface area contributed by atoms with E-state index in [0.717, 1.165) is 96.3 Å². The quantitative estimate of drug-likeness (QED) is 0.0261. The Hall–Kier alpha value is -2.89. The van der Waals surface area contributed by atoms with Crippen LogP contribution in [0.3, 0.4) is 0 Å². The predicted octanol–water partition coefficient (Wildman–Crippen LogP) is 23.9. The lowest BCUT2D eigenvalue weighted by Crippen LogP contribution is -2.30. The van der Waals surface area contributed by atoms with Crippen molar-refractivity contribution in [2.45, 2.75) is 374 Å². The average molecular weight is 1110 g/mol. The molecule has 1 atom stereocenters. The van der Waals surface area contributed by atoms with Crippen molar-refractivity contribution in [3.63, 3.8) is 0 Å². The Labute approximate surface area is 491 Å². The van der Waals surface area contributed by atoms with Crippen LogP contribution in [0.5, 0.6) is 0 Å². The van der Waals surface area contributed by atoms with Crippen molar-refractivity contribution in [1.82, 2.24) is 0 Å². The highest BCUT2D eigenvalue weighted by Gasteiger charge is 2.19. The zero-order valence-electron chi connectivity index (χ0n) is 52.9. The minimum Gasteiger partial charge on any atom is -0.462 e. The summed E-state index contributed by atoms with van der Waals surface area (Å²) in [4.78, 5) is 38.3. The first-order valence-corrected chi connectivity index (χ1v) is 34.8. The van der Waals surface area contributed by atoms with Crippen LogP contribution < -0.4 is 0 Å². The molecule has 0 fully saturated rings. The molecule has 0 rings (SSSR count). The van der Waals surface area contributed by atoms with E-state index in [4.69, 9.17) is 14.2 Å². The van der Waals surface area contributed by atoms with Crippen molar-refractivity contribution < 1.29 is 28.6 Å². The fraction of sp³-hybridized carbons (Fsp3) is 0.822. The maximum atomic E-state index is 12.9. The number of ether oxygens (including phenoxy) is 3. The Bertz CT molecular complexity index is 1410. The number of carbonyl (C=O) groups is 3. The minimum atomic E-state index is -0.784. The third kappa shape index (κ3) is 65.8. The molecule has 0 saturated carbocycles. The maximum absolute atomic E-state index is 12.9. The second-order valence-corrected chi connectivity index (χ2v) is 23.4. The van der Waals surface area contributed by atoms with Gasteiger partial charge in [-0.2, -0.15) is 0 Å². The normalized spacial score (nSPS) is 12.4. The second-order valence-electron chi connectivity index (χ2n) is 23.4. The van der Waals surface area contributed by atoms with E-state index in [9.17, 15) is 14.4 Å². The molecular formula is C73H132O6. The topological polar surface area (TPSA) is 78.9 Å². The van der Waals surface area contributed by atoms with Crippen molar-refractivity contribution in [2.24, 2.45) is 0 Å². The number of carbonyl (C=O) groups excluding carboxylic acids is 3. The van der Waals surface area contributed by atoms with Crippen LogP contribution in [-0.4, -0.2) is 37.2 Å². The van der Waals surface area contributed by atoms with Gasteiger partial charge in [0.05, 0.1) is 0 Å². The monoisotopic (exact) mass is 1110 g/mol. The highest BCUT2D eigenvalue weighted by molar-refractivity contribution is 5.71. The molecule has 0 radical (unpaired) electrons. The van der Waals surface area contributed by atoms with E-state index in [2.05, 4.69) is 81.5 Å². The van der Waals surface area contributed by atoms with Gasteiger partial charge in [-0.1, -0.05) is 300 Å². The van der Waals surface area contributed by atoms with E-state index >= 15 is 0 Å². The predicted molar refractivity (Wildman–Crippen MR) is 344 cm³/mol. The van der Waals surface area contributed by atoms with E-state index < -0.39 is 6.10 Å². The van der Waals surface area contributed by atoms with Crippen molar-refractivity contribution in [1.29, 1.82) is 0 Å². The molecule has 0 aromatic heterocycles. The van der Waals surface area contributed by atoms with Gasteiger partial charge in [0.1, 0.15) is 13.2 Å². The highest BCUT2D eigenvalue weighted by Crippen LogP contribution is 2.18. The standard InChI is InChI=1S/C73H132O6/c1-4-7-10-13-16-19-22-25-27-29-30-31-32-33-34-35-36-37-38-39-40-41-42-43-44-45-47-48-51-54-57-60-63-66-72(75)78-69-70(68-77-71(74)65-62-59-56-53-50-24-21-18-15-12-9-6-3)79-73(76)67-64-61-58-55-52-49-46-28-26-23-20-17-14-11-8-5-2/h18,20-23,25,28-30,46,70H,4-17,19,24,26-27,31-45,47-69H2,1-3H3/b21-18-,23-20-,25-22-,30-29-,46-28-. The number of allylic oxidation sites excluding steroid dienone is 10. The molecule has 460 valence electrons. The van der Waals surface area contributed by atoms with Crippen LogP contribution in [0.1, 0.15) is 367 Å². The molecule has 0 N–H and O–H groups in total. The zero-order chi connectivity index (χ0) is 57.1. The Balaban J connectivity index is 4.11. The Kier molecular flexibility index (Phi) is 65.1. The molecule has 0 aliphatic carbocycles. The highest BCUT2D eigenvalue weighted by atomic mass is 16.6. The number of rotatable bonds is 64. The first-order valence-electron chi connectivity index (χ1n) is 34.8. The molecular weight excluding hydrogens is 973 g/mol. The number of hydrogen-bond acceptors (Lipinski definition) is 6. The number of unbranched alkanes of at least 4 members (excludes halogenated alkanes) is 43. The fourth-order valence-electron chi connectivity index (χ4n) is 10.2. The van der Waals surface area contributed by atoms with Gasteiger partial charge in [0.25, 0.3) is 0 Å². The van der Waals surface area contributed by atoms with Gasteiger partial charge >= 0.3 is 17.9 Å². The molecule has 0 spiro atoms. The van der Waals surface area contributed by atoms with Gasteiger partial charge in [0, 0.05) is 19.3 Å². The van der Waals surface area contributed by atoms with Crippen LogP contribution in [0.15, 0.2) is 60.8 Å². The van der Waals surface area contributed by atoms with Gasteiger partial charge in [-0.25, -0.2) is 0 Å². The van der Waals surface area contributed by atoms with Crippen molar-refractivity contribution in [3.8, 4) is 0 Å². The first kappa shape index (κ1) is 76.1. The molecule has 0 amide bonds. The molecule has 79 heavy (non-hydrogen) atoms. The van der Waals surface area contributed by atoms with Crippen LogP contribution in [0.4, 0.5) is 0 Å². The van der Waals surface area contributed by atoms with Gasteiger partial charge in [-0.05, 0) is 109 Å². The summed E-state index contributed by atoms with van der Waals surface area (Å²) in [5, 5.41) is 0. The fourth-order valence-corrected chi connectivity index (χ4v) is 10.2. The maximum Gasteiger partial charge on any atom is 0.306 e. The third-order valence-corrected chi connectivity index (χ3v) is 15.5. The molecule has 0 aromatic rings. The van der Waals surface area contributed by atoms with Crippen molar-refractivity contribution >= 4 is 17.9 Å². The molecule has 0 aromatic carbocycles. The Morgan fingerprint density at radius 1 is 0.253 bits per heavy atom. The molecule has 6 nitrogen and oxygen atoms in total. The van der Waals surface area contributed by atoms with Crippen molar-refractivity contribution in [2.75, 3.05) is 13.2 Å². The third-order valence-electron chi connectivity index (χ3n) is 15.5. The lowest BCUT2D eigenvalue weighted by atomic mass is 10.0. The first-order chi connectivity index (χ1) is 39.0. The summed E-state index contributed by atoms with van der Waals surface area (Å²) in [6.07, 6.45) is 86.9. The SMILES string of the molecule is CCCCC/C=C\CCCCCCCC(=O)OCC(COC(=O)CCCCCCCCCCCCCCCCCCCCCCC/C=C\C/C=C\CCCCCCC)OC(=O)CCCCCCC/C=C\C/C=C\CCCCCC. The van der Waals surface area contributed by atoms with Crippen LogP contribution >= 0.6 is 0 Å². The summed E-state index contributed by atoms with van der Waals surface area (Å²) in [5.41, 5.74) is 0. The van der Waals surface area contributed by atoms with Crippen molar-refractivity contribution in [3.05, 3.63) is 60.8 Å². The lowest BCUT2D eigenvalue weighted by molar-refractivity contribution is -0.167. The van der Waals surface area contributed by atoms with Gasteiger partial charge in [0.2, 0.25) is 0 Å². The van der Waals surface area contributed by atoms with Gasteiger partial charge in [-0.3, -0.25) is 14.4 Å². The second kappa shape index (κ2) is 67.6. The van der Waals surface area contributed by atoms with E-state index in [1.54, 1.807) is 0 Å². The van der Waals surface area contributed by atoms with Gasteiger partial charge < -0.3 is 14.2 Å². The van der Waals surface area contributed by atoms with Crippen LogP contribution in [-0.2, 0) is 28.6 Å². The molecule has 0 aliphatic rings. The summed E-state index contributed by atoms with van der Waals surface area (Å²) in [5.74, 6) is -0.883. The molecule has 0 saturated heterocycles. The minimum absolute atomic E-state index is 0.0790. The molecule has 1 unspecified atom stereocenters. The number of esters is 3. The van der Waals surface area contributed by atoms with E-state index in [1.165, 1.54) is 231 Å². The van der Waals surface area contributed by atoms with Crippen LogP contribution in [0, 0.1) is 0 Å². The molecule has 0 bridgehead atoms. The molecule has 0 heterocycles. The van der Waals surface area contributed by atoms with E-state index in [0.29, 0.717) is 19.3 Å². The number of hydrogen-bond donors (Lipinski definition) is 0. The smallest absolute Gasteiger partial charge is 0.306 e. The Morgan fingerprint density at radius 3 is 0.747 bits per heavy atom. The van der Waals surface area contributed by atoms with Crippen LogP contribution in [0.2, 0.25) is 0 Å². The lowest BCUT2D eigenvalue weighted by Gasteiger charge is -2.18. The van der Waals surface area contributed by atoms with E-state index in [1.807, 2.05) is 0 Å². The van der Waals surface area contributed by atoms with Gasteiger partial charge in [-0.15, -0.1) is 0 Å². The summed E-state index contributed by atoms with van der Waals surface area (Å²) in [6.45, 7) is 6.61. The molecule has 6 heteroatoms. The Morgan fingerprint density at radius 2 is 0.456 bits per heavy atom. The van der Waals surface area contributed by atoms with E-state index in [-0.39, 0.29) is 31.1 Å². The zero-order valence-corrected chi connectivity index (χ0v) is 52.9. The van der Waals surface area contributed by atoms with Crippen LogP contribution in [0.25, 0.3) is 0 Å². The van der Waals surface area contributed by atoms with Gasteiger partial charge in [0.15, 0.2) is 6.10 Å².